The molecule has 0 aliphatic rings. The number of hydrogen-bond acceptors (Lipinski definition) is 0. The number of benzene rings is 1. The van der Waals surface area contributed by atoms with Crippen molar-refractivity contribution in [1.29, 1.82) is 0 Å². The van der Waals surface area contributed by atoms with Gasteiger partial charge in [-0.2, -0.15) is 0 Å². The Kier molecular flexibility index (Phi) is 3.74. The first-order chi connectivity index (χ1) is 5.93. The van der Waals surface area contributed by atoms with Gasteiger partial charge in [0.25, 0.3) is 0 Å². The first kappa shape index (κ1) is 8.62. The van der Waals surface area contributed by atoms with E-state index in [1.165, 1.54) is 0 Å². The van der Waals surface area contributed by atoms with E-state index in [0.717, 1.165) is 18.4 Å². The molecule has 0 nitrogen and oxygen atoms in total. The van der Waals surface area contributed by atoms with Gasteiger partial charge in [0.05, 0.1) is 0 Å². The van der Waals surface area contributed by atoms with Gasteiger partial charge in [-0.15, -0.1) is 6.58 Å². The first-order valence-corrected chi connectivity index (χ1v) is 4.08. The summed E-state index contributed by atoms with van der Waals surface area (Å²) >= 11 is 0. The standard InChI is InChI=1S/C12H12/c1-2-3-4-6-9-12-10-7-5-8-11-12/h2,5,7-8,10-11H,1,3-4H2. The van der Waals surface area contributed by atoms with Crippen LogP contribution in [0.5, 0.6) is 0 Å². The molecule has 0 heterocycles. The average molecular weight is 156 g/mol. The fourth-order valence-corrected chi connectivity index (χ4v) is 0.860. The summed E-state index contributed by atoms with van der Waals surface area (Å²) < 4.78 is 0. The zero-order valence-electron chi connectivity index (χ0n) is 7.09. The molecule has 1 rings (SSSR count). The van der Waals surface area contributed by atoms with Crippen LogP contribution in [0.2, 0.25) is 0 Å². The van der Waals surface area contributed by atoms with E-state index in [9.17, 15) is 0 Å². The van der Waals surface area contributed by atoms with Crippen molar-refractivity contribution < 1.29 is 0 Å². The van der Waals surface area contributed by atoms with Crippen molar-refractivity contribution in [2.75, 3.05) is 0 Å². The Morgan fingerprint density at radius 2 is 2.00 bits per heavy atom. The van der Waals surface area contributed by atoms with E-state index < -0.39 is 0 Å². The number of allylic oxidation sites excluding steroid dienone is 1. The summed E-state index contributed by atoms with van der Waals surface area (Å²) in [6.45, 7) is 3.64. The van der Waals surface area contributed by atoms with Crippen LogP contribution in [0.4, 0.5) is 0 Å². The smallest absolute Gasteiger partial charge is 0.0245 e. The van der Waals surface area contributed by atoms with E-state index in [2.05, 4.69) is 18.4 Å². The third kappa shape index (κ3) is 3.07. The number of unbranched alkanes of at least 4 members (excludes halogenated alkanes) is 1. The summed E-state index contributed by atoms with van der Waals surface area (Å²) in [6.07, 6.45) is 3.76. The van der Waals surface area contributed by atoms with Gasteiger partial charge in [-0.1, -0.05) is 36.1 Å². The number of rotatable bonds is 2. The zero-order valence-corrected chi connectivity index (χ0v) is 7.09. The lowest BCUT2D eigenvalue weighted by Crippen LogP contribution is -1.70. The lowest BCUT2D eigenvalue weighted by Gasteiger charge is -1.85. The van der Waals surface area contributed by atoms with Gasteiger partial charge in [0.2, 0.25) is 0 Å². The Balaban J connectivity index is 2.49. The molecule has 0 unspecified atom stereocenters. The van der Waals surface area contributed by atoms with Crippen LogP contribution in [-0.4, -0.2) is 0 Å². The fraction of sp³-hybridized carbons (Fsp3) is 0.167. The molecule has 12 heavy (non-hydrogen) atoms. The van der Waals surface area contributed by atoms with E-state index in [1.54, 1.807) is 0 Å². The third-order valence-corrected chi connectivity index (χ3v) is 1.48. The SMILES string of the molecule is C=CCCC#Cc1ccccc1. The summed E-state index contributed by atoms with van der Waals surface area (Å²) in [5.74, 6) is 6.16. The molecule has 0 aromatic heterocycles. The molecular weight excluding hydrogens is 144 g/mol. The largest absolute Gasteiger partial charge is 0.103 e. The zero-order chi connectivity index (χ0) is 8.65. The maximum atomic E-state index is 3.64. The Labute approximate surface area is 73.9 Å². The fourth-order valence-electron chi connectivity index (χ4n) is 0.860. The van der Waals surface area contributed by atoms with Crippen LogP contribution in [0.15, 0.2) is 43.0 Å². The molecule has 1 aromatic rings. The lowest BCUT2D eigenvalue weighted by molar-refractivity contribution is 1.09. The Morgan fingerprint density at radius 1 is 1.25 bits per heavy atom. The van der Waals surface area contributed by atoms with Gasteiger partial charge >= 0.3 is 0 Å². The maximum absolute atomic E-state index is 3.64. The second-order valence-electron chi connectivity index (χ2n) is 2.50. The lowest BCUT2D eigenvalue weighted by atomic mass is 10.2. The van der Waals surface area contributed by atoms with Crippen molar-refractivity contribution in [2.24, 2.45) is 0 Å². The molecule has 60 valence electrons. The van der Waals surface area contributed by atoms with Crippen molar-refractivity contribution >= 4 is 0 Å². The van der Waals surface area contributed by atoms with Crippen molar-refractivity contribution in [3.05, 3.63) is 48.6 Å². The van der Waals surface area contributed by atoms with Crippen LogP contribution in [0, 0.1) is 11.8 Å². The molecule has 0 heteroatoms. The Bertz CT molecular complexity index is 285. The van der Waals surface area contributed by atoms with E-state index in [0.29, 0.717) is 0 Å². The highest BCUT2D eigenvalue weighted by molar-refractivity contribution is 5.33. The predicted octanol–water partition coefficient (Wildman–Crippen LogP) is 3.00. The highest BCUT2D eigenvalue weighted by Crippen LogP contribution is 1.95. The minimum absolute atomic E-state index is 0.901. The van der Waals surface area contributed by atoms with Gasteiger partial charge in [0.15, 0.2) is 0 Å². The molecule has 0 N–H and O–H groups in total. The second-order valence-corrected chi connectivity index (χ2v) is 2.50. The van der Waals surface area contributed by atoms with Crippen LogP contribution in [0.1, 0.15) is 18.4 Å². The molecule has 0 spiro atoms. The van der Waals surface area contributed by atoms with Crippen LogP contribution in [-0.2, 0) is 0 Å². The van der Waals surface area contributed by atoms with E-state index in [1.807, 2.05) is 36.4 Å². The molecule has 0 saturated heterocycles. The molecule has 1 aromatic carbocycles. The molecule has 0 radical (unpaired) electrons. The summed E-state index contributed by atoms with van der Waals surface area (Å²) in [5, 5.41) is 0. The topological polar surface area (TPSA) is 0 Å². The van der Waals surface area contributed by atoms with Crippen molar-refractivity contribution in [3.63, 3.8) is 0 Å². The van der Waals surface area contributed by atoms with Crippen LogP contribution < -0.4 is 0 Å². The van der Waals surface area contributed by atoms with Gasteiger partial charge in [0, 0.05) is 12.0 Å². The van der Waals surface area contributed by atoms with Crippen molar-refractivity contribution in [1.82, 2.24) is 0 Å². The molecule has 0 atom stereocenters. The molecule has 0 saturated carbocycles. The van der Waals surface area contributed by atoms with Crippen LogP contribution in [0.25, 0.3) is 0 Å². The van der Waals surface area contributed by atoms with E-state index in [-0.39, 0.29) is 0 Å². The van der Waals surface area contributed by atoms with Gasteiger partial charge < -0.3 is 0 Å². The van der Waals surface area contributed by atoms with Gasteiger partial charge in [-0.3, -0.25) is 0 Å². The number of hydrogen-bond donors (Lipinski definition) is 0. The summed E-state index contributed by atoms with van der Waals surface area (Å²) in [7, 11) is 0. The monoisotopic (exact) mass is 156 g/mol. The van der Waals surface area contributed by atoms with Crippen molar-refractivity contribution in [2.45, 2.75) is 12.8 Å². The van der Waals surface area contributed by atoms with Gasteiger partial charge in [-0.25, -0.2) is 0 Å². The van der Waals surface area contributed by atoms with Gasteiger partial charge in [-0.05, 0) is 18.6 Å². The van der Waals surface area contributed by atoms with Crippen LogP contribution in [0.3, 0.4) is 0 Å². The summed E-state index contributed by atoms with van der Waals surface area (Å²) in [5.41, 5.74) is 1.08. The quantitative estimate of drug-likeness (QED) is 0.351. The Morgan fingerprint density at radius 3 is 2.67 bits per heavy atom. The molecule has 0 bridgehead atoms. The third-order valence-electron chi connectivity index (χ3n) is 1.48. The molecule has 0 aliphatic heterocycles. The molecule has 0 aliphatic carbocycles. The summed E-state index contributed by atoms with van der Waals surface area (Å²) in [6, 6.07) is 10.0. The second kappa shape index (κ2) is 5.21. The minimum atomic E-state index is 0.901. The predicted molar refractivity (Wildman–Crippen MR) is 52.8 cm³/mol. The highest BCUT2D eigenvalue weighted by Gasteiger charge is 1.79. The van der Waals surface area contributed by atoms with Gasteiger partial charge in [0.1, 0.15) is 0 Å². The van der Waals surface area contributed by atoms with E-state index in [4.69, 9.17) is 0 Å². The highest BCUT2D eigenvalue weighted by atomic mass is 13.8. The maximum Gasteiger partial charge on any atom is 0.0245 e. The van der Waals surface area contributed by atoms with Crippen LogP contribution >= 0.6 is 0 Å². The average Bonchev–Trinajstić information content (AvgIpc) is 2.14. The molecule has 0 fully saturated rings. The summed E-state index contributed by atoms with van der Waals surface area (Å²) in [4.78, 5) is 0. The van der Waals surface area contributed by atoms with Crippen molar-refractivity contribution in [3.8, 4) is 11.8 Å². The van der Waals surface area contributed by atoms with E-state index >= 15 is 0 Å². The minimum Gasteiger partial charge on any atom is -0.103 e. The first-order valence-electron chi connectivity index (χ1n) is 4.08. The Hall–Kier alpha value is -1.48. The molecule has 0 amide bonds. The molecular formula is C12H12. The normalized spacial score (nSPS) is 8.33.